The van der Waals surface area contributed by atoms with E-state index in [-0.39, 0.29) is 0 Å². The predicted octanol–water partition coefficient (Wildman–Crippen LogP) is 2.85. The van der Waals surface area contributed by atoms with E-state index in [4.69, 9.17) is 5.11 Å². The molecule has 0 saturated heterocycles. The summed E-state index contributed by atoms with van der Waals surface area (Å²) in [5.74, 6) is -0.950. The van der Waals surface area contributed by atoms with Crippen LogP contribution < -0.4 is 0 Å². The highest BCUT2D eigenvalue weighted by Crippen LogP contribution is 2.23. The van der Waals surface area contributed by atoms with Crippen LogP contribution in [0.5, 0.6) is 0 Å². The Kier molecular flexibility index (Phi) is 3.31. The second-order valence-corrected chi connectivity index (χ2v) is 3.49. The van der Waals surface area contributed by atoms with Gasteiger partial charge in [-0.05, 0) is 34.9 Å². The normalized spacial score (nSPS) is 10.6. The number of aliphatic carboxylic acids is 1. The van der Waals surface area contributed by atoms with Crippen LogP contribution in [0.25, 0.3) is 17.2 Å². The maximum Gasteiger partial charge on any atom is 0.328 e. The molecule has 0 spiro atoms. The van der Waals surface area contributed by atoms with Crippen molar-refractivity contribution >= 4 is 12.0 Å². The molecule has 2 rings (SSSR count). The second kappa shape index (κ2) is 5.07. The highest BCUT2D eigenvalue weighted by molar-refractivity contribution is 5.87. The zero-order chi connectivity index (χ0) is 12.1. The summed E-state index contributed by atoms with van der Waals surface area (Å²) in [5.41, 5.74) is 2.89. The maximum absolute atomic E-state index is 10.5. The molecule has 1 N–H and O–H groups in total. The Bertz CT molecular complexity index is 547. The van der Waals surface area contributed by atoms with Gasteiger partial charge in [0.25, 0.3) is 0 Å². The molecule has 0 unspecified atom stereocenters. The van der Waals surface area contributed by atoms with Gasteiger partial charge in [0.1, 0.15) is 0 Å². The van der Waals surface area contributed by atoms with Gasteiger partial charge in [-0.1, -0.05) is 24.3 Å². The van der Waals surface area contributed by atoms with E-state index in [1.165, 1.54) is 0 Å². The van der Waals surface area contributed by atoms with Gasteiger partial charge in [0, 0.05) is 18.5 Å². The number of nitrogens with zero attached hydrogens (tertiary/aromatic N) is 1. The Morgan fingerprint density at radius 2 is 1.82 bits per heavy atom. The molecule has 0 amide bonds. The van der Waals surface area contributed by atoms with Crippen molar-refractivity contribution in [1.29, 1.82) is 0 Å². The Morgan fingerprint density at radius 1 is 1.12 bits per heavy atom. The van der Waals surface area contributed by atoms with Crippen LogP contribution in [0.15, 0.2) is 54.9 Å². The van der Waals surface area contributed by atoms with E-state index in [2.05, 4.69) is 4.98 Å². The summed E-state index contributed by atoms with van der Waals surface area (Å²) in [7, 11) is 0. The number of carboxylic acid groups (broad SMARTS) is 1. The summed E-state index contributed by atoms with van der Waals surface area (Å²) >= 11 is 0. The first kappa shape index (κ1) is 11.1. The van der Waals surface area contributed by atoms with Gasteiger partial charge in [-0.2, -0.15) is 0 Å². The smallest absolute Gasteiger partial charge is 0.328 e. The van der Waals surface area contributed by atoms with E-state index < -0.39 is 5.97 Å². The van der Waals surface area contributed by atoms with Crippen molar-refractivity contribution in [3.8, 4) is 11.1 Å². The number of aromatic nitrogens is 1. The SMILES string of the molecule is O=C(O)C=Cc1ccccc1-c1ccncc1. The van der Waals surface area contributed by atoms with E-state index in [1.54, 1.807) is 18.5 Å². The Hall–Kier alpha value is -2.42. The van der Waals surface area contributed by atoms with Crippen molar-refractivity contribution in [3.63, 3.8) is 0 Å². The van der Waals surface area contributed by atoms with Crippen LogP contribution in [0.1, 0.15) is 5.56 Å². The number of carboxylic acids is 1. The van der Waals surface area contributed by atoms with Gasteiger partial charge < -0.3 is 5.11 Å². The third kappa shape index (κ3) is 2.78. The maximum atomic E-state index is 10.5. The van der Waals surface area contributed by atoms with Crippen molar-refractivity contribution < 1.29 is 9.90 Å². The number of pyridine rings is 1. The van der Waals surface area contributed by atoms with Crippen LogP contribution in [-0.2, 0) is 4.79 Å². The van der Waals surface area contributed by atoms with E-state index in [0.29, 0.717) is 0 Å². The molecule has 3 heteroatoms. The zero-order valence-corrected chi connectivity index (χ0v) is 9.08. The molecule has 0 radical (unpaired) electrons. The molecule has 3 nitrogen and oxygen atoms in total. The van der Waals surface area contributed by atoms with Gasteiger partial charge in [-0.15, -0.1) is 0 Å². The fraction of sp³-hybridized carbons (Fsp3) is 0. The van der Waals surface area contributed by atoms with Gasteiger partial charge in [0.2, 0.25) is 0 Å². The average Bonchev–Trinajstić information content (AvgIpc) is 2.38. The van der Waals surface area contributed by atoms with E-state index in [1.807, 2.05) is 36.4 Å². The highest BCUT2D eigenvalue weighted by Gasteiger charge is 2.01. The molecule has 0 atom stereocenters. The molecule has 0 aliphatic heterocycles. The van der Waals surface area contributed by atoms with E-state index in [0.717, 1.165) is 22.8 Å². The quantitative estimate of drug-likeness (QED) is 0.817. The third-order valence-electron chi connectivity index (χ3n) is 2.36. The van der Waals surface area contributed by atoms with Crippen LogP contribution in [0.2, 0.25) is 0 Å². The zero-order valence-electron chi connectivity index (χ0n) is 9.08. The molecule has 0 bridgehead atoms. The summed E-state index contributed by atoms with van der Waals surface area (Å²) in [5, 5.41) is 8.64. The minimum absolute atomic E-state index is 0.876. The second-order valence-electron chi connectivity index (χ2n) is 3.49. The van der Waals surface area contributed by atoms with E-state index >= 15 is 0 Å². The first-order chi connectivity index (χ1) is 8.27. The lowest BCUT2D eigenvalue weighted by Gasteiger charge is -2.05. The fourth-order valence-electron chi connectivity index (χ4n) is 1.60. The fourth-order valence-corrected chi connectivity index (χ4v) is 1.60. The molecular formula is C14H11NO2. The van der Waals surface area contributed by atoms with Crippen LogP contribution >= 0.6 is 0 Å². The van der Waals surface area contributed by atoms with Crippen LogP contribution in [0.3, 0.4) is 0 Å². The minimum atomic E-state index is -0.950. The Morgan fingerprint density at radius 3 is 2.53 bits per heavy atom. The first-order valence-corrected chi connectivity index (χ1v) is 5.18. The highest BCUT2D eigenvalue weighted by atomic mass is 16.4. The number of hydrogen-bond acceptors (Lipinski definition) is 2. The average molecular weight is 225 g/mol. The number of rotatable bonds is 3. The lowest BCUT2D eigenvalue weighted by molar-refractivity contribution is -0.131. The van der Waals surface area contributed by atoms with Gasteiger partial charge in [-0.3, -0.25) is 4.98 Å². The van der Waals surface area contributed by atoms with Gasteiger partial charge in [0.05, 0.1) is 0 Å². The molecule has 1 heterocycles. The summed E-state index contributed by atoms with van der Waals surface area (Å²) in [6.45, 7) is 0. The Labute approximate surface area is 99.1 Å². The molecular weight excluding hydrogens is 214 g/mol. The van der Waals surface area contributed by atoms with Crippen molar-refractivity contribution in [1.82, 2.24) is 4.98 Å². The lowest BCUT2D eigenvalue weighted by Crippen LogP contribution is -1.87. The van der Waals surface area contributed by atoms with E-state index in [9.17, 15) is 4.79 Å². The molecule has 84 valence electrons. The molecule has 0 aliphatic rings. The molecule has 17 heavy (non-hydrogen) atoms. The Balaban J connectivity index is 2.45. The van der Waals surface area contributed by atoms with Crippen molar-refractivity contribution in [2.45, 2.75) is 0 Å². The van der Waals surface area contributed by atoms with Crippen molar-refractivity contribution in [3.05, 3.63) is 60.4 Å². The molecule has 0 aliphatic carbocycles. The van der Waals surface area contributed by atoms with Crippen LogP contribution in [-0.4, -0.2) is 16.1 Å². The van der Waals surface area contributed by atoms with Gasteiger partial charge >= 0.3 is 5.97 Å². The number of hydrogen-bond donors (Lipinski definition) is 1. The predicted molar refractivity (Wildman–Crippen MR) is 66.3 cm³/mol. The molecule has 0 saturated carbocycles. The summed E-state index contributed by atoms with van der Waals surface area (Å²) in [4.78, 5) is 14.5. The first-order valence-electron chi connectivity index (χ1n) is 5.18. The lowest BCUT2D eigenvalue weighted by atomic mass is 10.0. The van der Waals surface area contributed by atoms with Crippen LogP contribution in [0.4, 0.5) is 0 Å². The molecule has 1 aromatic heterocycles. The van der Waals surface area contributed by atoms with Gasteiger partial charge in [-0.25, -0.2) is 4.79 Å². The standard InChI is InChI=1S/C14H11NO2/c16-14(17)6-5-11-3-1-2-4-13(11)12-7-9-15-10-8-12/h1-10H,(H,16,17). The number of carbonyl (C=O) groups is 1. The summed E-state index contributed by atoms with van der Waals surface area (Å²) in [6.07, 6.45) is 6.16. The van der Waals surface area contributed by atoms with Crippen LogP contribution in [0, 0.1) is 0 Å². The molecule has 1 aromatic carbocycles. The number of benzene rings is 1. The third-order valence-corrected chi connectivity index (χ3v) is 2.36. The molecule has 2 aromatic rings. The van der Waals surface area contributed by atoms with Crippen molar-refractivity contribution in [2.75, 3.05) is 0 Å². The largest absolute Gasteiger partial charge is 0.478 e. The topological polar surface area (TPSA) is 50.2 Å². The molecule has 0 fully saturated rings. The monoisotopic (exact) mass is 225 g/mol. The summed E-state index contributed by atoms with van der Waals surface area (Å²) in [6, 6.07) is 11.4. The minimum Gasteiger partial charge on any atom is -0.478 e. The van der Waals surface area contributed by atoms with Gasteiger partial charge in [0.15, 0.2) is 0 Å². The summed E-state index contributed by atoms with van der Waals surface area (Å²) < 4.78 is 0. The van der Waals surface area contributed by atoms with Crippen molar-refractivity contribution in [2.24, 2.45) is 0 Å².